The molecule has 4 rings (SSSR count). The van der Waals surface area contributed by atoms with Gasteiger partial charge in [-0.2, -0.15) is 0 Å². The number of hydrogen-bond acceptors (Lipinski definition) is 4. The Balaban J connectivity index is 1.72. The molecule has 0 radical (unpaired) electrons. The topological polar surface area (TPSA) is 37.8 Å². The third kappa shape index (κ3) is 2.53. The lowest BCUT2D eigenvalue weighted by Crippen LogP contribution is -2.16. The quantitative estimate of drug-likeness (QED) is 0.805. The highest BCUT2D eigenvalue weighted by molar-refractivity contribution is 7.19. The first-order chi connectivity index (χ1) is 10.2. The number of thiophene rings is 1. The van der Waals surface area contributed by atoms with Crippen molar-refractivity contribution in [2.24, 2.45) is 5.92 Å². The van der Waals surface area contributed by atoms with Gasteiger partial charge in [0.25, 0.3) is 0 Å². The maximum atomic E-state index is 6.48. The molecular formula is C16H20ClN3S. The van der Waals surface area contributed by atoms with Gasteiger partial charge < -0.3 is 5.32 Å². The molecule has 0 saturated heterocycles. The molecule has 2 aromatic heterocycles. The van der Waals surface area contributed by atoms with E-state index in [1.807, 2.05) is 11.3 Å². The number of fused-ring (bicyclic) bond motifs is 3. The maximum absolute atomic E-state index is 6.48. The largest absolute Gasteiger partial charge is 0.351 e. The number of anilines is 1. The minimum Gasteiger partial charge on any atom is -0.351 e. The number of hydrogen-bond donors (Lipinski definition) is 1. The fraction of sp³-hybridized carbons (Fsp3) is 0.625. The van der Waals surface area contributed by atoms with Gasteiger partial charge in [-0.15, -0.1) is 11.3 Å². The summed E-state index contributed by atoms with van der Waals surface area (Å²) in [5.74, 6) is 1.49. The second-order valence-electron chi connectivity index (χ2n) is 6.50. The van der Waals surface area contributed by atoms with Crippen molar-refractivity contribution in [2.75, 3.05) is 5.32 Å². The summed E-state index contributed by atoms with van der Waals surface area (Å²) in [4.78, 5) is 11.8. The van der Waals surface area contributed by atoms with Crippen molar-refractivity contribution in [3.63, 3.8) is 0 Å². The van der Waals surface area contributed by atoms with E-state index in [0.29, 0.717) is 17.1 Å². The van der Waals surface area contributed by atoms with Crippen molar-refractivity contribution >= 4 is 39.1 Å². The highest BCUT2D eigenvalue weighted by atomic mass is 35.5. The van der Waals surface area contributed by atoms with Crippen molar-refractivity contribution in [3.8, 4) is 0 Å². The van der Waals surface area contributed by atoms with E-state index in [0.717, 1.165) is 29.0 Å². The average molecular weight is 322 g/mol. The van der Waals surface area contributed by atoms with Gasteiger partial charge in [0.15, 0.2) is 0 Å². The molecule has 1 N–H and O–H groups in total. The fourth-order valence-electron chi connectivity index (χ4n) is 3.62. The van der Waals surface area contributed by atoms with Crippen LogP contribution in [-0.2, 0) is 12.8 Å². The third-order valence-electron chi connectivity index (χ3n) is 4.80. The predicted molar refractivity (Wildman–Crippen MR) is 89.5 cm³/mol. The summed E-state index contributed by atoms with van der Waals surface area (Å²) in [6.45, 7) is 2.33. The van der Waals surface area contributed by atoms with Crippen LogP contribution in [-0.4, -0.2) is 16.0 Å². The van der Waals surface area contributed by atoms with E-state index in [2.05, 4.69) is 17.2 Å². The number of nitrogens with zero attached hydrogens (tertiary/aromatic N) is 2. The van der Waals surface area contributed by atoms with Gasteiger partial charge in [0.1, 0.15) is 9.98 Å². The van der Waals surface area contributed by atoms with E-state index in [4.69, 9.17) is 16.6 Å². The molecule has 2 heterocycles. The SMILES string of the molecule is CC1CCc2c(sc3nc(NC4CCCC4)nc(Cl)c23)C1. The molecule has 0 amide bonds. The van der Waals surface area contributed by atoms with E-state index < -0.39 is 0 Å². The average Bonchev–Trinajstić information content (AvgIpc) is 3.05. The van der Waals surface area contributed by atoms with Gasteiger partial charge in [-0.05, 0) is 43.6 Å². The molecule has 2 aromatic rings. The first kappa shape index (κ1) is 13.8. The van der Waals surface area contributed by atoms with Crippen LogP contribution in [0.4, 0.5) is 5.95 Å². The smallest absolute Gasteiger partial charge is 0.225 e. The number of aryl methyl sites for hydroxylation is 1. The van der Waals surface area contributed by atoms with E-state index in [1.54, 1.807) is 0 Å². The van der Waals surface area contributed by atoms with E-state index in [9.17, 15) is 0 Å². The lowest BCUT2D eigenvalue weighted by atomic mass is 9.89. The summed E-state index contributed by atoms with van der Waals surface area (Å²) in [6, 6.07) is 0.521. The van der Waals surface area contributed by atoms with Crippen molar-refractivity contribution in [3.05, 3.63) is 15.6 Å². The molecular weight excluding hydrogens is 302 g/mol. The highest BCUT2D eigenvalue weighted by Gasteiger charge is 2.24. The van der Waals surface area contributed by atoms with Crippen LogP contribution in [0.3, 0.4) is 0 Å². The maximum Gasteiger partial charge on any atom is 0.225 e. The van der Waals surface area contributed by atoms with Crippen LogP contribution in [0.2, 0.25) is 5.15 Å². The fourth-order valence-corrected chi connectivity index (χ4v) is 5.34. The Morgan fingerprint density at radius 3 is 2.81 bits per heavy atom. The monoisotopic (exact) mass is 321 g/mol. The van der Waals surface area contributed by atoms with E-state index in [1.165, 1.54) is 42.5 Å². The molecule has 2 aliphatic rings. The summed E-state index contributed by atoms with van der Waals surface area (Å²) in [7, 11) is 0. The molecule has 1 fully saturated rings. The Bertz CT molecular complexity index is 676. The minimum absolute atomic E-state index is 0.521. The van der Waals surface area contributed by atoms with Crippen LogP contribution in [0.25, 0.3) is 10.2 Å². The molecule has 0 bridgehead atoms. The normalized spacial score (nSPS) is 22.7. The predicted octanol–water partition coefficient (Wildman–Crippen LogP) is 4.82. The lowest BCUT2D eigenvalue weighted by Gasteiger charge is -2.17. The van der Waals surface area contributed by atoms with Gasteiger partial charge in [0, 0.05) is 10.9 Å². The Hall–Kier alpha value is -0.870. The molecule has 1 saturated carbocycles. The van der Waals surface area contributed by atoms with Gasteiger partial charge in [-0.25, -0.2) is 9.97 Å². The zero-order valence-corrected chi connectivity index (χ0v) is 13.9. The summed E-state index contributed by atoms with van der Waals surface area (Å²) >= 11 is 8.29. The van der Waals surface area contributed by atoms with Gasteiger partial charge in [-0.3, -0.25) is 0 Å². The van der Waals surface area contributed by atoms with Crippen LogP contribution < -0.4 is 5.32 Å². The van der Waals surface area contributed by atoms with Crippen molar-refractivity contribution < 1.29 is 0 Å². The zero-order valence-electron chi connectivity index (χ0n) is 12.3. The molecule has 3 nitrogen and oxygen atoms in total. The van der Waals surface area contributed by atoms with E-state index in [-0.39, 0.29) is 0 Å². The Morgan fingerprint density at radius 1 is 1.19 bits per heavy atom. The Labute approximate surface area is 134 Å². The number of aromatic nitrogens is 2. The zero-order chi connectivity index (χ0) is 14.4. The Morgan fingerprint density at radius 2 is 2.00 bits per heavy atom. The third-order valence-corrected chi connectivity index (χ3v) is 6.22. The first-order valence-electron chi connectivity index (χ1n) is 7.95. The summed E-state index contributed by atoms with van der Waals surface area (Å²) in [5, 5.41) is 5.21. The first-order valence-corrected chi connectivity index (χ1v) is 9.14. The minimum atomic E-state index is 0.521. The van der Waals surface area contributed by atoms with Gasteiger partial charge in [0.2, 0.25) is 5.95 Å². The summed E-state index contributed by atoms with van der Waals surface area (Å²) in [6.07, 6.45) is 8.58. The van der Waals surface area contributed by atoms with Gasteiger partial charge in [-0.1, -0.05) is 31.4 Å². The highest BCUT2D eigenvalue weighted by Crippen LogP contribution is 2.40. The summed E-state index contributed by atoms with van der Waals surface area (Å²) < 4.78 is 0. The van der Waals surface area contributed by atoms with Gasteiger partial charge in [0.05, 0.1) is 5.39 Å². The second-order valence-corrected chi connectivity index (χ2v) is 7.94. The number of rotatable bonds is 2. The molecule has 0 aliphatic heterocycles. The Kier molecular flexibility index (Phi) is 3.54. The van der Waals surface area contributed by atoms with Crippen LogP contribution >= 0.6 is 22.9 Å². The molecule has 112 valence electrons. The molecule has 2 aliphatic carbocycles. The summed E-state index contributed by atoms with van der Waals surface area (Å²) in [5.41, 5.74) is 1.41. The standard InChI is InChI=1S/C16H20ClN3S/c1-9-6-7-11-12(8-9)21-15-13(11)14(17)19-16(20-15)18-10-4-2-3-5-10/h9-10H,2-8H2,1H3,(H,18,19,20). The molecule has 1 unspecified atom stereocenters. The van der Waals surface area contributed by atoms with Crippen molar-refractivity contribution in [1.82, 2.24) is 9.97 Å². The molecule has 5 heteroatoms. The molecule has 0 aromatic carbocycles. The second kappa shape index (κ2) is 5.40. The number of nitrogens with one attached hydrogen (secondary N) is 1. The van der Waals surface area contributed by atoms with Crippen molar-refractivity contribution in [2.45, 2.75) is 57.9 Å². The molecule has 0 spiro atoms. The molecule has 21 heavy (non-hydrogen) atoms. The van der Waals surface area contributed by atoms with Gasteiger partial charge >= 0.3 is 0 Å². The van der Waals surface area contributed by atoms with Crippen LogP contribution in [0, 0.1) is 5.92 Å². The van der Waals surface area contributed by atoms with Crippen LogP contribution in [0.1, 0.15) is 49.5 Å². The number of halogens is 1. The van der Waals surface area contributed by atoms with Crippen LogP contribution in [0.15, 0.2) is 0 Å². The molecule has 1 atom stereocenters. The lowest BCUT2D eigenvalue weighted by molar-refractivity contribution is 0.509. The van der Waals surface area contributed by atoms with E-state index >= 15 is 0 Å². The van der Waals surface area contributed by atoms with Crippen LogP contribution in [0.5, 0.6) is 0 Å². The van der Waals surface area contributed by atoms with Crippen molar-refractivity contribution in [1.29, 1.82) is 0 Å².